The summed E-state index contributed by atoms with van der Waals surface area (Å²) in [6.07, 6.45) is 1.83. The zero-order valence-electron chi connectivity index (χ0n) is 24.3. The average molecular weight is 582 g/mol. The third-order valence-electron chi connectivity index (χ3n) is 6.80. The quantitative estimate of drug-likeness (QED) is 0.279. The summed E-state index contributed by atoms with van der Waals surface area (Å²) in [5.74, 6) is 1.99. The van der Waals surface area contributed by atoms with Gasteiger partial charge in [0, 0.05) is 19.1 Å². The monoisotopic (exact) mass is 581 g/mol. The Labute approximate surface area is 237 Å². The predicted octanol–water partition coefficient (Wildman–Crippen LogP) is 4.24. The van der Waals surface area contributed by atoms with E-state index in [0.717, 1.165) is 5.56 Å². The number of rotatable bonds is 16. The summed E-state index contributed by atoms with van der Waals surface area (Å²) in [6, 6.07) is 6.93. The highest BCUT2D eigenvalue weighted by Gasteiger charge is 2.33. The van der Waals surface area contributed by atoms with Crippen LogP contribution in [-0.4, -0.2) is 73.5 Å². The van der Waals surface area contributed by atoms with Gasteiger partial charge in [0.25, 0.3) is 0 Å². The molecule has 1 aliphatic rings. The third-order valence-corrected chi connectivity index (χ3v) is 8.71. The maximum atomic E-state index is 13.6. The maximum Gasteiger partial charge on any atom is 0.203 e. The van der Waals surface area contributed by atoms with Crippen LogP contribution in [0.1, 0.15) is 62.9 Å². The van der Waals surface area contributed by atoms with Gasteiger partial charge in [-0.25, -0.2) is 8.42 Å². The fraction of sp³-hybridized carbons (Fsp3) is 0.586. The Morgan fingerprint density at radius 2 is 1.52 bits per heavy atom. The van der Waals surface area contributed by atoms with Gasteiger partial charge in [-0.1, -0.05) is 6.92 Å². The molecule has 0 saturated carbocycles. The largest absolute Gasteiger partial charge is 0.493 e. The Kier molecular flexibility index (Phi) is 11.7. The van der Waals surface area contributed by atoms with E-state index >= 15 is 0 Å². The van der Waals surface area contributed by atoms with Crippen molar-refractivity contribution >= 4 is 9.84 Å². The minimum atomic E-state index is -3.75. The van der Waals surface area contributed by atoms with Gasteiger partial charge < -0.3 is 38.8 Å². The number of aliphatic hydroxyl groups is 1. The Hall–Kier alpha value is -2.73. The molecule has 11 heteroatoms. The van der Waals surface area contributed by atoms with Gasteiger partial charge in [0.15, 0.2) is 32.8 Å². The van der Waals surface area contributed by atoms with E-state index in [2.05, 4.69) is 5.32 Å². The molecule has 10 nitrogen and oxygen atoms in total. The molecular weight excluding hydrogens is 538 g/mol. The Morgan fingerprint density at radius 1 is 0.925 bits per heavy atom. The van der Waals surface area contributed by atoms with E-state index in [0.29, 0.717) is 60.9 Å². The fourth-order valence-corrected chi connectivity index (χ4v) is 6.39. The first kappa shape index (κ1) is 31.8. The van der Waals surface area contributed by atoms with Crippen molar-refractivity contribution in [3.05, 3.63) is 35.4 Å². The molecule has 0 bridgehead atoms. The van der Waals surface area contributed by atoms with Crippen molar-refractivity contribution in [2.24, 2.45) is 0 Å². The van der Waals surface area contributed by atoms with Crippen LogP contribution in [0.15, 0.2) is 29.2 Å². The second-order valence-corrected chi connectivity index (χ2v) is 11.7. The summed E-state index contributed by atoms with van der Waals surface area (Å²) < 4.78 is 62.1. The van der Waals surface area contributed by atoms with Gasteiger partial charge in [-0.2, -0.15) is 0 Å². The summed E-state index contributed by atoms with van der Waals surface area (Å²) in [4.78, 5) is 0.0828. The third kappa shape index (κ3) is 7.51. The molecule has 2 aromatic carbocycles. The summed E-state index contributed by atoms with van der Waals surface area (Å²) >= 11 is 0. The lowest BCUT2D eigenvalue weighted by atomic mass is 10.0. The molecule has 3 rings (SSSR count). The zero-order valence-corrected chi connectivity index (χ0v) is 25.1. The molecule has 0 spiro atoms. The lowest BCUT2D eigenvalue weighted by Crippen LogP contribution is -2.30. The summed E-state index contributed by atoms with van der Waals surface area (Å²) in [7, 11) is 2.66. The smallest absolute Gasteiger partial charge is 0.203 e. The first-order valence-corrected chi connectivity index (χ1v) is 15.3. The normalized spacial score (nSPS) is 17.9. The lowest BCUT2D eigenvalue weighted by Gasteiger charge is -2.22. The maximum absolute atomic E-state index is 13.6. The first-order chi connectivity index (χ1) is 19.2. The van der Waals surface area contributed by atoms with Crippen LogP contribution in [0, 0.1) is 0 Å². The molecule has 1 saturated heterocycles. The highest BCUT2D eigenvalue weighted by molar-refractivity contribution is 7.91. The fourth-order valence-electron chi connectivity index (χ4n) is 4.63. The molecule has 0 aromatic heterocycles. The number of nitrogens with one attached hydrogen (secondary N) is 1. The molecule has 3 atom stereocenters. The van der Waals surface area contributed by atoms with Crippen molar-refractivity contribution in [3.8, 4) is 28.7 Å². The Morgan fingerprint density at radius 3 is 2.05 bits per heavy atom. The molecule has 40 heavy (non-hydrogen) atoms. The summed E-state index contributed by atoms with van der Waals surface area (Å²) in [5.41, 5.74) is 1.56. The van der Waals surface area contributed by atoms with Gasteiger partial charge in [-0.15, -0.1) is 0 Å². The van der Waals surface area contributed by atoms with Crippen molar-refractivity contribution in [1.82, 2.24) is 5.32 Å². The van der Waals surface area contributed by atoms with Gasteiger partial charge in [-0.05, 0) is 68.6 Å². The van der Waals surface area contributed by atoms with Gasteiger partial charge >= 0.3 is 0 Å². The molecule has 224 valence electrons. The topological polar surface area (TPSA) is 122 Å². The molecule has 0 aliphatic carbocycles. The van der Waals surface area contributed by atoms with E-state index in [-0.39, 0.29) is 47.9 Å². The number of ether oxygens (including phenoxy) is 6. The predicted molar refractivity (Wildman–Crippen MR) is 152 cm³/mol. The number of hydrogen-bond acceptors (Lipinski definition) is 10. The SMILES string of the molecule is CCCOc1c(OCCCO)cc(C2CCC(c3cc(OC)c(OC)c(OC)c3)O2)cc1S(=O)(=O)CC(C)NC. The highest BCUT2D eigenvalue weighted by atomic mass is 32.2. The summed E-state index contributed by atoms with van der Waals surface area (Å²) in [5, 5.41) is 12.3. The number of aliphatic hydroxyl groups excluding tert-OH is 1. The number of sulfone groups is 1. The zero-order chi connectivity index (χ0) is 29.3. The number of methoxy groups -OCH3 is 3. The van der Waals surface area contributed by atoms with Crippen molar-refractivity contribution in [2.45, 2.75) is 62.7 Å². The van der Waals surface area contributed by atoms with E-state index in [1.807, 2.05) is 26.0 Å². The van der Waals surface area contributed by atoms with Crippen LogP contribution in [0.4, 0.5) is 0 Å². The lowest BCUT2D eigenvalue weighted by molar-refractivity contribution is 0.0434. The first-order valence-electron chi connectivity index (χ1n) is 13.6. The van der Waals surface area contributed by atoms with Crippen LogP contribution < -0.4 is 29.0 Å². The number of hydrogen-bond donors (Lipinski definition) is 2. The highest BCUT2D eigenvalue weighted by Crippen LogP contribution is 2.48. The standard InChI is InChI=1S/C29H43NO9S/c1-7-12-38-29-26(37-13-8-11-31)16-21(17-27(29)40(32,33)18-19(2)30-3)23-10-9-22(39-23)20-14-24(34-4)28(36-6)25(15-20)35-5/h14-17,19,22-23,30-31H,7-13,18H2,1-6H3. The van der Waals surface area contributed by atoms with Crippen molar-refractivity contribution in [3.63, 3.8) is 0 Å². The minimum Gasteiger partial charge on any atom is -0.493 e. The second-order valence-electron chi connectivity index (χ2n) is 9.74. The number of benzene rings is 2. The molecule has 0 radical (unpaired) electrons. The molecule has 1 heterocycles. The van der Waals surface area contributed by atoms with E-state index in [1.54, 1.807) is 40.5 Å². The van der Waals surface area contributed by atoms with Crippen molar-refractivity contribution in [1.29, 1.82) is 0 Å². The van der Waals surface area contributed by atoms with Crippen LogP contribution in [0.2, 0.25) is 0 Å². The minimum absolute atomic E-state index is 0.0438. The van der Waals surface area contributed by atoms with Gasteiger partial charge in [0.05, 0.1) is 52.5 Å². The van der Waals surface area contributed by atoms with E-state index in [9.17, 15) is 13.5 Å². The molecule has 3 unspecified atom stereocenters. The van der Waals surface area contributed by atoms with Crippen LogP contribution >= 0.6 is 0 Å². The molecule has 2 aromatic rings. The van der Waals surface area contributed by atoms with Gasteiger partial charge in [-0.3, -0.25) is 0 Å². The Bertz CT molecular complexity index is 1190. The van der Waals surface area contributed by atoms with E-state index in [4.69, 9.17) is 28.4 Å². The average Bonchev–Trinajstić information content (AvgIpc) is 3.45. The Balaban J connectivity index is 2.03. The van der Waals surface area contributed by atoms with Crippen LogP contribution in [0.3, 0.4) is 0 Å². The van der Waals surface area contributed by atoms with Crippen LogP contribution in [-0.2, 0) is 14.6 Å². The van der Waals surface area contributed by atoms with E-state index < -0.39 is 9.84 Å². The molecule has 1 aliphatic heterocycles. The molecule has 2 N–H and O–H groups in total. The van der Waals surface area contributed by atoms with Crippen molar-refractivity contribution in [2.75, 3.05) is 54.0 Å². The van der Waals surface area contributed by atoms with Crippen LogP contribution in [0.5, 0.6) is 28.7 Å². The van der Waals surface area contributed by atoms with Gasteiger partial charge in [0.1, 0.15) is 4.90 Å². The van der Waals surface area contributed by atoms with Crippen LogP contribution in [0.25, 0.3) is 0 Å². The van der Waals surface area contributed by atoms with E-state index in [1.165, 1.54) is 0 Å². The molecular formula is C29H43NO9S. The van der Waals surface area contributed by atoms with Crippen molar-refractivity contribution < 1.29 is 41.9 Å². The molecule has 1 fully saturated rings. The molecule has 0 amide bonds. The summed E-state index contributed by atoms with van der Waals surface area (Å²) in [6.45, 7) is 4.28. The van der Waals surface area contributed by atoms with Gasteiger partial charge in [0.2, 0.25) is 5.75 Å². The second kappa shape index (κ2) is 14.8.